The number of hydrogen-bond acceptors (Lipinski definition) is 2. The van der Waals surface area contributed by atoms with Gasteiger partial charge in [0.2, 0.25) is 0 Å². The van der Waals surface area contributed by atoms with Gasteiger partial charge in [-0.1, -0.05) is 34.7 Å². The van der Waals surface area contributed by atoms with Crippen molar-refractivity contribution in [2.24, 2.45) is 0 Å². The zero-order valence-corrected chi connectivity index (χ0v) is 11.6. The average molecular weight is 332 g/mol. The minimum absolute atomic E-state index is 0.461. The van der Waals surface area contributed by atoms with Gasteiger partial charge in [0.1, 0.15) is 5.75 Å². The molecule has 88 valence electrons. The molecule has 2 unspecified atom stereocenters. The van der Waals surface area contributed by atoms with E-state index in [-0.39, 0.29) is 0 Å². The lowest BCUT2D eigenvalue weighted by molar-refractivity contribution is 0.0200. The summed E-state index contributed by atoms with van der Waals surface area (Å²) in [6.07, 6.45) is 2.86. The van der Waals surface area contributed by atoms with Crippen LogP contribution in [0.1, 0.15) is 24.3 Å². The van der Waals surface area contributed by atoms with Gasteiger partial charge in [-0.3, -0.25) is 0 Å². The van der Waals surface area contributed by atoms with Gasteiger partial charge in [-0.25, -0.2) is 0 Å². The van der Waals surface area contributed by atoms with E-state index in [1.165, 1.54) is 18.4 Å². The van der Waals surface area contributed by atoms with Crippen molar-refractivity contribution in [1.82, 2.24) is 0 Å². The van der Waals surface area contributed by atoms with Crippen LogP contribution in [0.25, 0.3) is 0 Å². The van der Waals surface area contributed by atoms with E-state index >= 15 is 0 Å². The molecule has 2 rings (SSSR count). The fraction of sp³-hybridized carbons (Fsp3) is 0.538. The minimum Gasteiger partial charge on any atom is -0.497 e. The molecule has 1 aliphatic rings. The van der Waals surface area contributed by atoms with E-state index in [4.69, 9.17) is 9.47 Å². The van der Waals surface area contributed by atoms with E-state index in [0.717, 1.165) is 16.8 Å². The third-order valence-electron chi connectivity index (χ3n) is 3.11. The molecule has 0 radical (unpaired) electrons. The molecule has 1 aliphatic heterocycles. The van der Waals surface area contributed by atoms with Crippen LogP contribution >= 0.6 is 22.6 Å². The van der Waals surface area contributed by atoms with Crippen molar-refractivity contribution in [3.63, 3.8) is 0 Å². The Morgan fingerprint density at radius 2 is 2.31 bits per heavy atom. The number of hydrogen-bond donors (Lipinski definition) is 0. The van der Waals surface area contributed by atoms with Gasteiger partial charge in [-0.15, -0.1) is 0 Å². The predicted octanol–water partition coefficient (Wildman–Crippen LogP) is 3.39. The first-order chi connectivity index (χ1) is 7.83. The van der Waals surface area contributed by atoms with Crippen LogP contribution in [0.2, 0.25) is 0 Å². The summed E-state index contributed by atoms with van der Waals surface area (Å²) in [5, 5.41) is 0. The molecule has 0 bridgehead atoms. The Balaban J connectivity index is 2.02. The number of alkyl halides is 1. The molecule has 0 amide bonds. The first-order valence-corrected chi connectivity index (χ1v) is 7.17. The van der Waals surface area contributed by atoms with Gasteiger partial charge in [0, 0.05) is 10.3 Å². The molecule has 0 N–H and O–H groups in total. The molecule has 0 saturated carbocycles. The largest absolute Gasteiger partial charge is 0.497 e. The van der Waals surface area contributed by atoms with Gasteiger partial charge in [0.15, 0.2) is 0 Å². The maximum atomic E-state index is 5.82. The zero-order valence-electron chi connectivity index (χ0n) is 9.49. The number of methoxy groups -OCH3 is 1. The Bertz CT molecular complexity index is 332. The molecule has 1 aromatic carbocycles. The van der Waals surface area contributed by atoms with E-state index in [1.54, 1.807) is 7.11 Å². The van der Waals surface area contributed by atoms with E-state index in [9.17, 15) is 0 Å². The molecule has 1 fully saturated rings. The molecule has 2 nitrogen and oxygen atoms in total. The summed E-state index contributed by atoms with van der Waals surface area (Å²) in [6.45, 7) is 0.848. The molecule has 0 aromatic heterocycles. The number of rotatable bonds is 3. The van der Waals surface area contributed by atoms with Crippen LogP contribution in [0.3, 0.4) is 0 Å². The Labute approximate surface area is 110 Å². The standard InChI is InChI=1S/C13H17IO2/c1-15-12-4-2-3-10(7-12)11-5-6-13(8-14)16-9-11/h2-4,7,11,13H,5-6,8-9H2,1H3. The third kappa shape index (κ3) is 2.88. The van der Waals surface area contributed by atoms with Crippen LogP contribution in [0.4, 0.5) is 0 Å². The van der Waals surface area contributed by atoms with Gasteiger partial charge in [0.05, 0.1) is 19.8 Å². The Hall–Kier alpha value is -0.290. The molecule has 0 spiro atoms. The highest BCUT2D eigenvalue weighted by Gasteiger charge is 2.22. The normalized spacial score (nSPS) is 25.4. The van der Waals surface area contributed by atoms with Crippen molar-refractivity contribution in [2.45, 2.75) is 24.9 Å². The lowest BCUT2D eigenvalue weighted by Gasteiger charge is -2.28. The van der Waals surface area contributed by atoms with E-state index in [0.29, 0.717) is 12.0 Å². The van der Waals surface area contributed by atoms with Crippen LogP contribution in [0.5, 0.6) is 5.75 Å². The lowest BCUT2D eigenvalue weighted by atomic mass is 9.91. The summed E-state index contributed by atoms with van der Waals surface area (Å²) in [5.74, 6) is 1.47. The Kier molecular flexibility index (Phi) is 4.46. The third-order valence-corrected chi connectivity index (χ3v) is 4.09. The molecular formula is C13H17IO2. The number of benzene rings is 1. The monoisotopic (exact) mass is 332 g/mol. The van der Waals surface area contributed by atoms with Gasteiger partial charge in [-0.05, 0) is 30.5 Å². The fourth-order valence-electron chi connectivity index (χ4n) is 2.09. The molecule has 1 aromatic rings. The molecule has 16 heavy (non-hydrogen) atoms. The second kappa shape index (κ2) is 5.87. The van der Waals surface area contributed by atoms with Gasteiger partial charge >= 0.3 is 0 Å². The predicted molar refractivity (Wildman–Crippen MR) is 73.6 cm³/mol. The highest BCUT2D eigenvalue weighted by molar-refractivity contribution is 14.1. The fourth-order valence-corrected chi connectivity index (χ4v) is 2.78. The summed E-state index contributed by atoms with van der Waals surface area (Å²) in [5.41, 5.74) is 1.34. The van der Waals surface area contributed by atoms with Crippen molar-refractivity contribution >= 4 is 22.6 Å². The van der Waals surface area contributed by atoms with Crippen LogP contribution in [0, 0.1) is 0 Å². The maximum Gasteiger partial charge on any atom is 0.119 e. The van der Waals surface area contributed by atoms with E-state index in [1.807, 2.05) is 6.07 Å². The first-order valence-electron chi connectivity index (χ1n) is 5.65. The Morgan fingerprint density at radius 1 is 1.44 bits per heavy atom. The smallest absolute Gasteiger partial charge is 0.119 e. The summed E-state index contributed by atoms with van der Waals surface area (Å²) >= 11 is 2.39. The highest BCUT2D eigenvalue weighted by atomic mass is 127. The minimum atomic E-state index is 0.461. The van der Waals surface area contributed by atoms with Crippen molar-refractivity contribution in [2.75, 3.05) is 18.1 Å². The summed E-state index contributed by atoms with van der Waals surface area (Å²) in [4.78, 5) is 0. The topological polar surface area (TPSA) is 18.5 Å². The lowest BCUT2D eigenvalue weighted by Crippen LogP contribution is -2.25. The van der Waals surface area contributed by atoms with Crippen molar-refractivity contribution < 1.29 is 9.47 Å². The second-order valence-corrected chi connectivity index (χ2v) is 5.04. The van der Waals surface area contributed by atoms with Crippen LogP contribution < -0.4 is 4.74 Å². The van der Waals surface area contributed by atoms with Gasteiger partial charge in [0.25, 0.3) is 0 Å². The molecule has 1 saturated heterocycles. The van der Waals surface area contributed by atoms with Crippen LogP contribution in [-0.4, -0.2) is 24.2 Å². The quantitative estimate of drug-likeness (QED) is 0.624. The molecular weight excluding hydrogens is 315 g/mol. The molecule has 2 atom stereocenters. The molecule has 1 heterocycles. The number of ether oxygens (including phenoxy) is 2. The van der Waals surface area contributed by atoms with Crippen molar-refractivity contribution in [3.8, 4) is 5.75 Å². The van der Waals surface area contributed by atoms with Crippen molar-refractivity contribution in [1.29, 1.82) is 0 Å². The van der Waals surface area contributed by atoms with Gasteiger partial charge in [-0.2, -0.15) is 0 Å². The molecule has 3 heteroatoms. The number of halogens is 1. The zero-order chi connectivity index (χ0) is 11.4. The SMILES string of the molecule is COc1cccc(C2CCC(CI)OC2)c1. The second-order valence-electron chi connectivity index (χ2n) is 4.16. The van der Waals surface area contributed by atoms with E-state index < -0.39 is 0 Å². The Morgan fingerprint density at radius 3 is 2.94 bits per heavy atom. The molecule has 0 aliphatic carbocycles. The summed E-state index contributed by atoms with van der Waals surface area (Å²) in [7, 11) is 1.71. The maximum absolute atomic E-state index is 5.82. The highest BCUT2D eigenvalue weighted by Crippen LogP contribution is 2.30. The van der Waals surface area contributed by atoms with E-state index in [2.05, 4.69) is 40.8 Å². The van der Waals surface area contributed by atoms with Gasteiger partial charge < -0.3 is 9.47 Å². The van der Waals surface area contributed by atoms with Crippen molar-refractivity contribution in [3.05, 3.63) is 29.8 Å². The first kappa shape index (κ1) is 12.2. The summed E-state index contributed by atoms with van der Waals surface area (Å²) < 4.78 is 12.2. The van der Waals surface area contributed by atoms with Crippen LogP contribution in [-0.2, 0) is 4.74 Å². The average Bonchev–Trinajstić information content (AvgIpc) is 2.39. The van der Waals surface area contributed by atoms with Crippen LogP contribution in [0.15, 0.2) is 24.3 Å². The summed E-state index contributed by atoms with van der Waals surface area (Å²) in [6, 6.07) is 8.33.